The summed E-state index contributed by atoms with van der Waals surface area (Å²) in [5.41, 5.74) is 2.74. The van der Waals surface area contributed by atoms with Crippen molar-refractivity contribution in [2.75, 3.05) is 18.0 Å². The molecule has 0 unspecified atom stereocenters. The van der Waals surface area contributed by atoms with Crippen molar-refractivity contribution in [1.82, 2.24) is 0 Å². The zero-order chi connectivity index (χ0) is 14.2. The van der Waals surface area contributed by atoms with E-state index in [-0.39, 0.29) is 0 Å². The largest absolute Gasteiger partial charge is 0.371 e. The van der Waals surface area contributed by atoms with Crippen molar-refractivity contribution in [3.8, 4) is 0 Å². The summed E-state index contributed by atoms with van der Waals surface area (Å²) in [7, 11) is 0. The summed E-state index contributed by atoms with van der Waals surface area (Å²) >= 11 is 0. The highest BCUT2D eigenvalue weighted by Gasteiger charge is 2.14. The number of hydrogen-bond donors (Lipinski definition) is 0. The normalized spacial score (nSPS) is 15.8. The Hall–Kier alpha value is -2.02. The van der Waals surface area contributed by atoms with Crippen molar-refractivity contribution >= 4 is 27.2 Å². The maximum Gasteiger partial charge on any atom is 0.0446 e. The minimum absolute atomic E-state index is 1.20. The Morgan fingerprint density at radius 2 is 1.57 bits per heavy atom. The number of benzene rings is 3. The van der Waals surface area contributed by atoms with Gasteiger partial charge in [0.05, 0.1) is 0 Å². The molecule has 0 spiro atoms. The molecule has 1 nitrogen and oxygen atoms in total. The third kappa shape index (κ3) is 2.17. The zero-order valence-corrected chi connectivity index (χ0v) is 12.6. The van der Waals surface area contributed by atoms with Crippen LogP contribution in [0.15, 0.2) is 48.5 Å². The quantitative estimate of drug-likeness (QED) is 0.545. The van der Waals surface area contributed by atoms with Crippen molar-refractivity contribution in [3.05, 3.63) is 54.1 Å². The van der Waals surface area contributed by atoms with Gasteiger partial charge in [0.1, 0.15) is 0 Å². The molecular weight excluding hydrogens is 254 g/mol. The molecule has 1 aliphatic rings. The lowest BCUT2D eigenvalue weighted by molar-refractivity contribution is 0.579. The smallest absolute Gasteiger partial charge is 0.0446 e. The average molecular weight is 275 g/mol. The van der Waals surface area contributed by atoms with Gasteiger partial charge in [0, 0.05) is 24.2 Å². The standard InChI is InChI=1S/C20H21N/c1-15-8-9-16-10-11-18-17(19(16)14-15)6-5-7-20(18)21-12-3-2-4-13-21/h5-11,14H,2-4,12-13H2,1H3. The van der Waals surface area contributed by atoms with Crippen molar-refractivity contribution in [3.63, 3.8) is 0 Å². The molecule has 3 aromatic rings. The molecule has 0 bridgehead atoms. The predicted molar refractivity (Wildman–Crippen MR) is 92.3 cm³/mol. The Morgan fingerprint density at radius 1 is 0.762 bits per heavy atom. The van der Waals surface area contributed by atoms with Crippen molar-refractivity contribution in [2.24, 2.45) is 0 Å². The van der Waals surface area contributed by atoms with E-state index >= 15 is 0 Å². The van der Waals surface area contributed by atoms with E-state index in [1.165, 1.54) is 65.1 Å². The maximum absolute atomic E-state index is 2.56. The summed E-state index contributed by atoms with van der Waals surface area (Å²) in [6.45, 7) is 4.57. The van der Waals surface area contributed by atoms with E-state index < -0.39 is 0 Å². The van der Waals surface area contributed by atoms with Gasteiger partial charge in [0.25, 0.3) is 0 Å². The summed E-state index contributed by atoms with van der Waals surface area (Å²) < 4.78 is 0. The lowest BCUT2D eigenvalue weighted by atomic mass is 9.98. The molecule has 0 aliphatic carbocycles. The third-order valence-corrected chi connectivity index (χ3v) is 4.71. The maximum atomic E-state index is 2.56. The number of rotatable bonds is 1. The van der Waals surface area contributed by atoms with Crippen molar-refractivity contribution < 1.29 is 0 Å². The first-order valence-corrected chi connectivity index (χ1v) is 8.00. The van der Waals surface area contributed by atoms with Crippen LogP contribution in [0.4, 0.5) is 5.69 Å². The van der Waals surface area contributed by atoms with Crippen molar-refractivity contribution in [1.29, 1.82) is 0 Å². The highest BCUT2D eigenvalue weighted by atomic mass is 15.1. The second-order valence-corrected chi connectivity index (χ2v) is 6.21. The summed E-state index contributed by atoms with van der Waals surface area (Å²) in [6, 6.07) is 18.1. The van der Waals surface area contributed by atoms with Crippen LogP contribution < -0.4 is 4.90 Å². The second kappa shape index (κ2) is 5.07. The molecule has 4 rings (SSSR count). The minimum Gasteiger partial charge on any atom is -0.371 e. The van der Waals surface area contributed by atoms with Crippen LogP contribution in [0.3, 0.4) is 0 Å². The highest BCUT2D eigenvalue weighted by Crippen LogP contribution is 2.33. The number of fused-ring (bicyclic) bond motifs is 3. The van der Waals surface area contributed by atoms with Crippen LogP contribution in [0.25, 0.3) is 21.5 Å². The molecule has 106 valence electrons. The second-order valence-electron chi connectivity index (χ2n) is 6.21. The fourth-order valence-electron chi connectivity index (χ4n) is 3.60. The van der Waals surface area contributed by atoms with E-state index in [2.05, 4.69) is 60.4 Å². The third-order valence-electron chi connectivity index (χ3n) is 4.71. The van der Waals surface area contributed by atoms with E-state index in [1.807, 2.05) is 0 Å². The molecule has 0 aromatic heterocycles. The first-order chi connectivity index (χ1) is 10.3. The van der Waals surface area contributed by atoms with E-state index in [0.717, 1.165) is 0 Å². The van der Waals surface area contributed by atoms with Gasteiger partial charge in [0.15, 0.2) is 0 Å². The Morgan fingerprint density at radius 3 is 2.43 bits per heavy atom. The molecule has 1 saturated heterocycles. The minimum atomic E-state index is 1.20. The number of nitrogens with zero attached hydrogens (tertiary/aromatic N) is 1. The predicted octanol–water partition coefficient (Wildman–Crippen LogP) is 5.29. The SMILES string of the molecule is Cc1ccc2ccc3c(N4CCCCC4)cccc3c2c1. The molecular formula is C20H21N. The van der Waals surface area contributed by atoms with Gasteiger partial charge in [-0.25, -0.2) is 0 Å². The lowest BCUT2D eigenvalue weighted by Gasteiger charge is -2.30. The van der Waals surface area contributed by atoms with Gasteiger partial charge in [-0.05, 0) is 48.4 Å². The molecule has 0 radical (unpaired) electrons. The number of piperidine rings is 1. The molecule has 0 saturated carbocycles. The topological polar surface area (TPSA) is 3.24 Å². The van der Waals surface area contributed by atoms with Crippen LogP contribution in [-0.2, 0) is 0 Å². The summed E-state index contributed by atoms with van der Waals surface area (Å²) in [5.74, 6) is 0. The van der Waals surface area contributed by atoms with Gasteiger partial charge < -0.3 is 4.90 Å². The first-order valence-electron chi connectivity index (χ1n) is 8.00. The van der Waals surface area contributed by atoms with Gasteiger partial charge >= 0.3 is 0 Å². The molecule has 1 fully saturated rings. The van der Waals surface area contributed by atoms with E-state index in [4.69, 9.17) is 0 Å². The van der Waals surface area contributed by atoms with Crippen LogP contribution in [0.1, 0.15) is 24.8 Å². The molecule has 0 N–H and O–H groups in total. The Labute approximate surface area is 126 Å². The lowest BCUT2D eigenvalue weighted by Crippen LogP contribution is -2.29. The number of hydrogen-bond acceptors (Lipinski definition) is 1. The van der Waals surface area contributed by atoms with Crippen LogP contribution >= 0.6 is 0 Å². The fourth-order valence-corrected chi connectivity index (χ4v) is 3.60. The summed E-state index contributed by atoms with van der Waals surface area (Å²) in [6.07, 6.45) is 4.02. The van der Waals surface area contributed by atoms with Gasteiger partial charge in [-0.1, -0.05) is 48.0 Å². The molecule has 3 aromatic carbocycles. The molecule has 0 atom stereocenters. The van der Waals surface area contributed by atoms with E-state index in [9.17, 15) is 0 Å². The van der Waals surface area contributed by atoms with Crippen LogP contribution in [0, 0.1) is 6.92 Å². The average Bonchev–Trinajstić information content (AvgIpc) is 2.55. The van der Waals surface area contributed by atoms with Gasteiger partial charge in [-0.2, -0.15) is 0 Å². The molecule has 1 heterocycles. The monoisotopic (exact) mass is 275 g/mol. The molecule has 1 heteroatoms. The number of anilines is 1. The fraction of sp³-hybridized carbons (Fsp3) is 0.300. The molecule has 0 amide bonds. The Kier molecular flexibility index (Phi) is 3.07. The molecule has 1 aliphatic heterocycles. The summed E-state index contributed by atoms with van der Waals surface area (Å²) in [5, 5.41) is 5.51. The van der Waals surface area contributed by atoms with Crippen LogP contribution in [-0.4, -0.2) is 13.1 Å². The Balaban J connectivity index is 1.97. The Bertz CT molecular complexity index is 797. The summed E-state index contributed by atoms with van der Waals surface area (Å²) in [4.78, 5) is 2.56. The van der Waals surface area contributed by atoms with E-state index in [0.29, 0.717) is 0 Å². The van der Waals surface area contributed by atoms with E-state index in [1.54, 1.807) is 0 Å². The van der Waals surface area contributed by atoms with Crippen LogP contribution in [0.2, 0.25) is 0 Å². The first kappa shape index (κ1) is 12.7. The highest BCUT2D eigenvalue weighted by molar-refractivity contribution is 6.11. The van der Waals surface area contributed by atoms with Gasteiger partial charge in [0.2, 0.25) is 0 Å². The van der Waals surface area contributed by atoms with Crippen molar-refractivity contribution in [2.45, 2.75) is 26.2 Å². The molecule has 21 heavy (non-hydrogen) atoms. The van der Waals surface area contributed by atoms with Gasteiger partial charge in [-0.3, -0.25) is 0 Å². The number of aryl methyl sites for hydroxylation is 1. The zero-order valence-electron chi connectivity index (χ0n) is 12.6. The van der Waals surface area contributed by atoms with Crippen LogP contribution in [0.5, 0.6) is 0 Å². The van der Waals surface area contributed by atoms with Gasteiger partial charge in [-0.15, -0.1) is 0 Å².